The summed E-state index contributed by atoms with van der Waals surface area (Å²) in [7, 11) is 9.75. The molecule has 3 fully saturated rings. The van der Waals surface area contributed by atoms with Gasteiger partial charge in [-0.05, 0) is 54.8 Å². The van der Waals surface area contributed by atoms with E-state index in [1.165, 1.54) is 64.1 Å². The molecule has 14 N–H and O–H groups in total. The molecule has 560 valence electrons. The van der Waals surface area contributed by atoms with Crippen molar-refractivity contribution in [1.29, 1.82) is 0 Å². The number of aliphatic hydroxyl groups is 2. The minimum atomic E-state index is -2.48. The van der Waals surface area contributed by atoms with Gasteiger partial charge in [0.2, 0.25) is 6.10 Å². The number of benzene rings is 3. The number of Topliss-reactive ketones (excluding diaryl/α,β-unsaturated/α-hetero) is 1. The largest absolute Gasteiger partial charge is 4.00 e. The predicted octanol–water partition coefficient (Wildman–Crippen LogP) is 9.37. The van der Waals surface area contributed by atoms with Crippen LogP contribution in [-0.4, -0.2) is 161 Å². The van der Waals surface area contributed by atoms with Crippen LogP contribution in [0.1, 0.15) is 93.1 Å². The minimum Gasteiger partial charge on any atom is -0.693 e. The van der Waals surface area contributed by atoms with Crippen LogP contribution in [0, 0.1) is 90.0 Å². The van der Waals surface area contributed by atoms with Crippen LogP contribution < -0.4 is 5.32 Å². The van der Waals surface area contributed by atoms with Gasteiger partial charge in [-0.2, -0.15) is 0 Å². The van der Waals surface area contributed by atoms with Gasteiger partial charge in [0, 0.05) is 103 Å². The first-order chi connectivity index (χ1) is 38.7. The van der Waals surface area contributed by atoms with Crippen LogP contribution >= 0.6 is 18.8 Å². The molecule has 11 atom stereocenters. The van der Waals surface area contributed by atoms with E-state index in [4.69, 9.17) is 77.3 Å². The zero-order valence-electron chi connectivity index (χ0n) is 56.6. The fourth-order valence-corrected chi connectivity index (χ4v) is 10.5. The first kappa shape index (κ1) is 124. The number of nitrogens with two attached hydrogens (primary N) is 2. The average molecular weight is 2120 g/mol. The Hall–Kier alpha value is -4.08. The molecular formula is C63H91Cl2N3O25Pt3Y2-2. The molecule has 7 rings (SSSR count). The molecule has 28 nitrogen and oxygen atoms in total. The van der Waals surface area contributed by atoms with E-state index in [9.17, 15) is 53.7 Å². The van der Waals surface area contributed by atoms with E-state index in [1.54, 1.807) is 54.6 Å². The van der Waals surface area contributed by atoms with Gasteiger partial charge in [-0.1, -0.05) is 80.6 Å². The summed E-state index contributed by atoms with van der Waals surface area (Å²) >= 11 is -0.472. The number of aliphatic carboxylic acids is 4. The van der Waals surface area contributed by atoms with E-state index >= 15 is 4.79 Å². The van der Waals surface area contributed by atoms with Gasteiger partial charge in [-0.3, -0.25) is 52.2 Å². The van der Waals surface area contributed by atoms with Crippen LogP contribution in [0.4, 0.5) is 4.79 Å². The number of hydrogen-bond acceptors (Lipinski definition) is 19. The van der Waals surface area contributed by atoms with Crippen LogP contribution in [-0.2, 0) is 191 Å². The van der Waals surface area contributed by atoms with Crippen LogP contribution in [0.5, 0.6) is 0 Å². The number of nitrogens with one attached hydrogen (secondary N) is 1. The Kier molecular flexibility index (Phi) is 70.2. The van der Waals surface area contributed by atoms with Crippen LogP contribution in [0.3, 0.4) is 0 Å². The van der Waals surface area contributed by atoms with Crippen molar-refractivity contribution >= 4 is 84.4 Å². The molecule has 11 unspecified atom stereocenters. The van der Waals surface area contributed by atoms with Crippen LogP contribution in [0.25, 0.3) is 12.3 Å². The Morgan fingerprint density at radius 2 is 1.10 bits per heavy atom. The number of rotatable bonds is 13. The molecule has 0 aromatic heterocycles. The van der Waals surface area contributed by atoms with Gasteiger partial charge in [0.1, 0.15) is 36.4 Å². The number of esters is 4. The second-order valence-corrected chi connectivity index (χ2v) is 22.8. The summed E-state index contributed by atoms with van der Waals surface area (Å²) in [5.41, 5.74) is -7.66. The molecule has 3 aliphatic carbocycles. The summed E-state index contributed by atoms with van der Waals surface area (Å²) in [6.07, 6.45) is -13.7. The third kappa shape index (κ3) is 31.7. The fourth-order valence-electron chi connectivity index (χ4n) is 10.5. The van der Waals surface area contributed by atoms with Gasteiger partial charge in [0.05, 0.1) is 29.6 Å². The molecule has 3 aromatic rings. The maximum Gasteiger partial charge on any atom is 4.00 e. The molecule has 3 aromatic carbocycles. The van der Waals surface area contributed by atoms with Gasteiger partial charge in [0.15, 0.2) is 29.4 Å². The first-order valence-corrected chi connectivity index (χ1v) is 30.1. The third-order valence-electron chi connectivity index (χ3n) is 14.0. The maximum atomic E-state index is 15.6. The third-order valence-corrected chi connectivity index (χ3v) is 14.0. The summed E-state index contributed by atoms with van der Waals surface area (Å²) in [5.74, 6) is -12.1. The SMILES string of the molecule is CC(=O)OC1C(=O)C2(C)C(O)CC3OCC3(OC(C)=O)C2C(OC(=O)c2ccccc2)C2(O)CC(OC(=O)C(OC(=O)O)C(NC(=O)c3ccccc3)c3ccccc3)C(C)=C1C2(C)C.O.O=C(O)CC(=O)O.[CH2-]C(=O)O.[CH2-]C(=O)O.[CH3-].[CH3-].[CH3-].[CH3-].[CH3-].[CH3-].[CH3-].[CH3-].[Cl][Pt+2][Cl].[NH2-].[NH2-].[Pt+4].[Pt+4].[Y].[Y]. The minimum absolute atomic E-state index is 0. The van der Waals surface area contributed by atoms with Crippen molar-refractivity contribution in [2.45, 2.75) is 115 Å². The summed E-state index contributed by atoms with van der Waals surface area (Å²) in [6.45, 7) is 12.8. The van der Waals surface area contributed by atoms with Gasteiger partial charge in [0.25, 0.3) is 5.91 Å². The summed E-state index contributed by atoms with van der Waals surface area (Å²) in [5, 5.41) is 68.6. The molecule has 1 heterocycles. The number of carboxylic acids is 4. The van der Waals surface area contributed by atoms with E-state index in [1.807, 2.05) is 0 Å². The molecule has 2 bridgehead atoms. The number of halogens is 2. The number of ether oxygens (including phenoxy) is 6. The zero-order chi connectivity index (χ0) is 62.9. The smallest absolute Gasteiger partial charge is 0.693 e. The first-order valence-electron chi connectivity index (χ1n) is 24.4. The summed E-state index contributed by atoms with van der Waals surface area (Å²) in [4.78, 5) is 133. The molecule has 0 spiro atoms. The maximum absolute atomic E-state index is 15.6. The van der Waals surface area contributed by atoms with Gasteiger partial charge in [-0.15, -0.1) is 0 Å². The van der Waals surface area contributed by atoms with Gasteiger partial charge in [-0.25, -0.2) is 14.4 Å². The van der Waals surface area contributed by atoms with E-state index in [0.29, 0.717) is 0 Å². The van der Waals surface area contributed by atoms with Crippen molar-refractivity contribution in [1.82, 2.24) is 5.32 Å². The standard InChI is InChI=1S/C48H51NO16.C3H4O4.2C2H3O2.8CH3.2ClH.2H2N.H2O.3Pt.2Y/c1-25-31(62-43(56)37(63-44(57)58)35(28-16-10-7-11-17-28)49-41(54)29-18-12-8-13-19-29)23-48(59)40(64-42(55)30-20-14-9-15-21-30)38-46(6,32(52)22-33-47(38,24-60-33)65-27(3)51)39(53)36(61-26(2)50)34(25)45(48,4)5;4-2(5)1-3(6)7;2*1-2(3)4;;;;;;;;;;;;;;;;;;/h7-21,31-33,35-38,40,52,59H,22-24H2,1-6H3,(H,49,54)(H,57,58);1H2,(H,4,5)(H,6,7);2*1H2,(H,3,4);8*1H3;2*1H;3*1H2;;;;;/q;;10*-1;;;2*-1;;3*+4;;/p-2. The number of carbonyl (C=O) groups is 11. The van der Waals surface area contributed by atoms with Crippen molar-refractivity contribution in [2.24, 2.45) is 16.7 Å². The molecule has 1 aliphatic heterocycles. The monoisotopic (exact) mass is 2120 g/mol. The van der Waals surface area contributed by atoms with Crippen LogP contribution in [0.2, 0.25) is 0 Å². The number of carboxylic acid groups (broad SMARTS) is 5. The van der Waals surface area contributed by atoms with Crippen molar-refractivity contribution in [2.75, 3.05) is 6.61 Å². The van der Waals surface area contributed by atoms with Gasteiger partial charge >= 0.3 is 119 Å². The summed E-state index contributed by atoms with van der Waals surface area (Å²) in [6, 6.07) is 22.1. The molecule has 2 radical (unpaired) electrons. The molecule has 2 saturated carbocycles. The van der Waals surface area contributed by atoms with Crippen LogP contribution in [0.15, 0.2) is 102 Å². The number of carbonyl (C=O) groups excluding carboxylic acids is 6. The Morgan fingerprint density at radius 1 is 0.694 bits per heavy atom. The molecule has 1 amide bonds. The molecule has 4 aliphatic rings. The Morgan fingerprint density at radius 3 is 1.46 bits per heavy atom. The number of aliphatic hydroxyl groups excluding tert-OH is 1. The Balaban J connectivity index is -0.000000178. The van der Waals surface area contributed by atoms with E-state index < -0.39 is 166 Å². The molecule has 1 saturated heterocycles. The van der Waals surface area contributed by atoms with E-state index in [-0.39, 0.29) is 226 Å². The number of amides is 1. The predicted molar refractivity (Wildman–Crippen MR) is 348 cm³/mol. The number of hydrogen-bond donors (Lipinski definition) is 8. The van der Waals surface area contributed by atoms with Gasteiger partial charge < -0.3 is 147 Å². The average Bonchev–Trinajstić information content (AvgIpc) is 0.671. The van der Waals surface area contributed by atoms with Crippen molar-refractivity contribution in [3.63, 3.8) is 0 Å². The molecule has 98 heavy (non-hydrogen) atoms. The topological polar surface area (TPSA) is 495 Å². The zero-order valence-corrected chi connectivity index (χ0v) is 70.6. The second kappa shape index (κ2) is 55.5. The molecule has 35 heteroatoms. The fraction of sp³-hybridized carbons (Fsp3) is 0.349. The number of fused-ring (bicyclic) bond motifs is 5. The van der Waals surface area contributed by atoms with E-state index in [0.717, 1.165) is 13.8 Å². The Bertz CT molecular complexity index is 2900. The van der Waals surface area contributed by atoms with Crippen molar-refractivity contribution in [3.8, 4) is 0 Å². The quantitative estimate of drug-likeness (QED) is 0.0259. The normalized spacial score (nSPS) is 21.7. The molecular weight excluding hydrogens is 2030 g/mol. The van der Waals surface area contributed by atoms with E-state index in [2.05, 4.69) is 19.2 Å². The van der Waals surface area contributed by atoms with Crippen molar-refractivity contribution < 1.29 is 246 Å². The number of ketones is 1. The summed E-state index contributed by atoms with van der Waals surface area (Å²) < 4.78 is 35.5. The second-order valence-electron chi connectivity index (χ2n) is 19.5. The van der Waals surface area contributed by atoms with Crippen molar-refractivity contribution in [3.05, 3.63) is 204 Å². The Labute approximate surface area is 671 Å².